The molecule has 0 unspecified atom stereocenters. The Bertz CT molecular complexity index is 202. The molecule has 1 saturated carbocycles. The lowest BCUT2D eigenvalue weighted by Gasteiger charge is -2.04. The summed E-state index contributed by atoms with van der Waals surface area (Å²) < 4.78 is 4.35. The largest absolute Gasteiger partial charge is 0.453 e. The second-order valence-corrected chi connectivity index (χ2v) is 2.98. The second-order valence-electron chi connectivity index (χ2n) is 2.98. The predicted molar refractivity (Wildman–Crippen MR) is 46.1 cm³/mol. The third-order valence-electron chi connectivity index (χ3n) is 1.83. The van der Waals surface area contributed by atoms with Crippen LogP contribution in [-0.2, 0) is 9.53 Å². The van der Waals surface area contributed by atoms with Gasteiger partial charge < -0.3 is 15.4 Å². The fourth-order valence-corrected chi connectivity index (χ4v) is 0.912. The van der Waals surface area contributed by atoms with Crippen LogP contribution in [0.4, 0.5) is 4.79 Å². The number of hydrogen-bond donors (Lipinski definition) is 2. The molecule has 0 spiro atoms. The molecule has 1 aliphatic rings. The normalized spacial score (nSPS) is 14.8. The van der Waals surface area contributed by atoms with Crippen LogP contribution in [-0.4, -0.2) is 32.2 Å². The predicted octanol–water partition coefficient (Wildman–Crippen LogP) is -0.131. The van der Waals surface area contributed by atoms with Gasteiger partial charge in [0.05, 0.1) is 7.11 Å². The van der Waals surface area contributed by atoms with Gasteiger partial charge in [-0.25, -0.2) is 4.79 Å². The molecule has 0 atom stereocenters. The van der Waals surface area contributed by atoms with E-state index in [0.717, 1.165) is 12.8 Å². The van der Waals surface area contributed by atoms with E-state index < -0.39 is 6.09 Å². The summed E-state index contributed by atoms with van der Waals surface area (Å²) in [6.07, 6.45) is 1.52. The molecule has 1 fully saturated rings. The Balaban J connectivity index is 1.94. The maximum Gasteiger partial charge on any atom is 0.406 e. The minimum atomic E-state index is -0.472. The molecule has 0 aromatic rings. The van der Waals surface area contributed by atoms with Crippen molar-refractivity contribution in [2.75, 3.05) is 20.2 Å². The number of carbonyl (C=O) groups is 2. The fraction of sp³-hybridized carbons (Fsp3) is 0.750. The molecule has 5 heteroatoms. The number of amides is 2. The Morgan fingerprint density at radius 2 is 1.92 bits per heavy atom. The lowest BCUT2D eigenvalue weighted by atomic mass is 10.4. The van der Waals surface area contributed by atoms with Crippen molar-refractivity contribution in [1.29, 1.82) is 0 Å². The summed E-state index contributed by atoms with van der Waals surface area (Å²) in [5, 5.41) is 5.19. The average Bonchev–Trinajstić information content (AvgIpc) is 2.94. The number of nitrogens with one attached hydrogen (secondary N) is 2. The first-order chi connectivity index (χ1) is 6.24. The topological polar surface area (TPSA) is 67.4 Å². The minimum Gasteiger partial charge on any atom is -0.453 e. The maximum absolute atomic E-state index is 11.1. The molecule has 1 rings (SSSR count). The van der Waals surface area contributed by atoms with E-state index in [1.807, 2.05) is 0 Å². The van der Waals surface area contributed by atoms with E-state index in [0.29, 0.717) is 13.1 Å². The molecule has 0 aromatic carbocycles. The van der Waals surface area contributed by atoms with Crippen molar-refractivity contribution < 1.29 is 14.3 Å². The van der Waals surface area contributed by atoms with E-state index in [1.54, 1.807) is 0 Å². The van der Waals surface area contributed by atoms with Gasteiger partial charge in [-0.15, -0.1) is 0 Å². The monoisotopic (exact) mass is 186 g/mol. The molecule has 0 aromatic heterocycles. The first-order valence-corrected chi connectivity index (χ1v) is 4.33. The lowest BCUT2D eigenvalue weighted by Crippen LogP contribution is -2.35. The van der Waals surface area contributed by atoms with E-state index in [9.17, 15) is 9.59 Å². The Morgan fingerprint density at radius 3 is 2.46 bits per heavy atom. The molecule has 1 aliphatic carbocycles. The van der Waals surface area contributed by atoms with Crippen LogP contribution in [0.5, 0.6) is 0 Å². The summed E-state index contributed by atoms with van der Waals surface area (Å²) in [6, 6.07) is 0. The number of methoxy groups -OCH3 is 1. The van der Waals surface area contributed by atoms with Gasteiger partial charge in [-0.2, -0.15) is 0 Å². The highest BCUT2D eigenvalue weighted by atomic mass is 16.5. The van der Waals surface area contributed by atoms with Crippen molar-refractivity contribution in [2.45, 2.75) is 12.8 Å². The van der Waals surface area contributed by atoms with Crippen molar-refractivity contribution in [3.63, 3.8) is 0 Å². The highest BCUT2D eigenvalue weighted by Gasteiger charge is 2.28. The first kappa shape index (κ1) is 9.83. The van der Waals surface area contributed by atoms with Crippen LogP contribution in [0.3, 0.4) is 0 Å². The third-order valence-corrected chi connectivity index (χ3v) is 1.83. The van der Waals surface area contributed by atoms with Crippen molar-refractivity contribution in [2.24, 2.45) is 5.92 Å². The highest BCUT2D eigenvalue weighted by Crippen LogP contribution is 2.28. The zero-order valence-electron chi connectivity index (χ0n) is 7.63. The molecule has 13 heavy (non-hydrogen) atoms. The van der Waals surface area contributed by atoms with E-state index in [-0.39, 0.29) is 11.8 Å². The Morgan fingerprint density at radius 1 is 1.31 bits per heavy atom. The van der Waals surface area contributed by atoms with Crippen molar-refractivity contribution in [3.05, 3.63) is 0 Å². The zero-order chi connectivity index (χ0) is 9.68. The average molecular weight is 186 g/mol. The molecule has 5 nitrogen and oxygen atoms in total. The van der Waals surface area contributed by atoms with Gasteiger partial charge in [-0.1, -0.05) is 0 Å². The van der Waals surface area contributed by atoms with Crippen molar-refractivity contribution >= 4 is 12.0 Å². The number of hydrogen-bond acceptors (Lipinski definition) is 3. The fourth-order valence-electron chi connectivity index (χ4n) is 0.912. The third kappa shape index (κ3) is 3.78. The Hall–Kier alpha value is -1.26. The van der Waals surface area contributed by atoms with Gasteiger partial charge in [0, 0.05) is 19.0 Å². The van der Waals surface area contributed by atoms with Crippen LogP contribution in [0, 0.1) is 5.92 Å². The van der Waals surface area contributed by atoms with E-state index in [1.165, 1.54) is 7.11 Å². The van der Waals surface area contributed by atoms with E-state index in [4.69, 9.17) is 0 Å². The quantitative estimate of drug-likeness (QED) is 0.601. The van der Waals surface area contributed by atoms with Gasteiger partial charge in [-0.3, -0.25) is 4.79 Å². The van der Waals surface area contributed by atoms with Gasteiger partial charge in [0.2, 0.25) is 5.91 Å². The molecular weight excluding hydrogens is 172 g/mol. The van der Waals surface area contributed by atoms with Crippen LogP contribution in [0.2, 0.25) is 0 Å². The molecular formula is C8H14N2O3. The molecule has 0 saturated heterocycles. The zero-order valence-corrected chi connectivity index (χ0v) is 7.63. The lowest BCUT2D eigenvalue weighted by molar-refractivity contribution is -0.122. The van der Waals surface area contributed by atoms with Crippen LogP contribution in [0.15, 0.2) is 0 Å². The summed E-state index contributed by atoms with van der Waals surface area (Å²) in [6.45, 7) is 0.871. The van der Waals surface area contributed by atoms with Crippen molar-refractivity contribution in [3.8, 4) is 0 Å². The van der Waals surface area contributed by atoms with Crippen LogP contribution >= 0.6 is 0 Å². The van der Waals surface area contributed by atoms with Gasteiger partial charge in [0.1, 0.15) is 0 Å². The van der Waals surface area contributed by atoms with Crippen molar-refractivity contribution in [1.82, 2.24) is 10.6 Å². The SMILES string of the molecule is COC(=O)NCCNC(=O)C1CC1. The van der Waals surface area contributed by atoms with E-state index in [2.05, 4.69) is 15.4 Å². The van der Waals surface area contributed by atoms with Crippen LogP contribution in [0.25, 0.3) is 0 Å². The number of carbonyl (C=O) groups excluding carboxylic acids is 2. The van der Waals surface area contributed by atoms with Gasteiger partial charge in [0.25, 0.3) is 0 Å². The maximum atomic E-state index is 11.1. The molecule has 2 N–H and O–H groups in total. The molecule has 0 bridgehead atoms. The van der Waals surface area contributed by atoms with Crippen LogP contribution < -0.4 is 10.6 Å². The second kappa shape index (κ2) is 4.69. The number of ether oxygens (including phenoxy) is 1. The summed E-state index contributed by atoms with van der Waals surface area (Å²) in [5.74, 6) is 0.310. The summed E-state index contributed by atoms with van der Waals surface area (Å²) >= 11 is 0. The Kier molecular flexibility index (Phi) is 3.54. The molecule has 0 radical (unpaired) electrons. The van der Waals surface area contributed by atoms with E-state index >= 15 is 0 Å². The van der Waals surface area contributed by atoms with Gasteiger partial charge >= 0.3 is 6.09 Å². The number of alkyl carbamates (subject to hydrolysis) is 1. The molecule has 2 amide bonds. The molecule has 0 heterocycles. The number of rotatable bonds is 4. The smallest absolute Gasteiger partial charge is 0.406 e. The highest BCUT2D eigenvalue weighted by molar-refractivity contribution is 5.80. The molecule has 74 valence electrons. The molecule has 0 aliphatic heterocycles. The van der Waals surface area contributed by atoms with Crippen LogP contribution in [0.1, 0.15) is 12.8 Å². The summed E-state index contributed by atoms with van der Waals surface area (Å²) in [5.41, 5.74) is 0. The van der Waals surface area contributed by atoms with Gasteiger partial charge in [-0.05, 0) is 12.8 Å². The standard InChI is InChI=1S/C8H14N2O3/c1-13-8(12)10-5-4-9-7(11)6-2-3-6/h6H,2-5H2,1H3,(H,9,11)(H,10,12). The minimum absolute atomic E-state index is 0.0895. The first-order valence-electron chi connectivity index (χ1n) is 4.33. The summed E-state index contributed by atoms with van der Waals surface area (Å²) in [7, 11) is 1.30. The Labute approximate surface area is 76.8 Å². The summed E-state index contributed by atoms with van der Waals surface area (Å²) in [4.78, 5) is 21.6. The van der Waals surface area contributed by atoms with Gasteiger partial charge in [0.15, 0.2) is 0 Å².